The minimum atomic E-state index is -0.436. The third kappa shape index (κ3) is 4.89. The lowest BCUT2D eigenvalue weighted by Gasteiger charge is -2.20. The number of nitrogens with one attached hydrogen (secondary N) is 2. The molecular weight excluding hydrogens is 254 g/mol. The minimum absolute atomic E-state index is 0.0330. The molecule has 0 radical (unpaired) electrons. The van der Waals surface area contributed by atoms with Crippen molar-refractivity contribution in [1.82, 2.24) is 5.32 Å². The Bertz CT molecular complexity index is 430. The molecule has 2 N–H and O–H groups in total. The summed E-state index contributed by atoms with van der Waals surface area (Å²) in [6.45, 7) is 7.63. The minimum Gasteiger partial charge on any atom is -0.382 e. The predicted octanol–water partition coefficient (Wildman–Crippen LogP) is 3.05. The fraction of sp³-hybridized carbons (Fsp3) is 0.500. The molecule has 0 aliphatic carbocycles. The van der Waals surface area contributed by atoms with E-state index in [1.165, 1.54) is 18.2 Å². The average Bonchev–Trinajstić information content (AvgIpc) is 2.24. The lowest BCUT2D eigenvalue weighted by Crippen LogP contribution is -2.38. The van der Waals surface area contributed by atoms with Crippen LogP contribution in [0.15, 0.2) is 18.2 Å². The number of rotatable bonds is 5. The maximum Gasteiger partial charge on any atom is 0.271 e. The number of benzene rings is 1. The fourth-order valence-corrected chi connectivity index (χ4v) is 1.58. The summed E-state index contributed by atoms with van der Waals surface area (Å²) < 4.78 is 0. The van der Waals surface area contributed by atoms with Gasteiger partial charge in [-0.15, -0.1) is 0 Å². The van der Waals surface area contributed by atoms with Crippen molar-refractivity contribution in [3.63, 3.8) is 0 Å². The maximum atomic E-state index is 10.6. The van der Waals surface area contributed by atoms with Gasteiger partial charge in [-0.1, -0.05) is 11.6 Å². The summed E-state index contributed by atoms with van der Waals surface area (Å²) in [7, 11) is 0. The Hall–Kier alpha value is -1.33. The van der Waals surface area contributed by atoms with Gasteiger partial charge in [-0.05, 0) is 26.8 Å². The normalized spacial score (nSPS) is 11.3. The molecule has 0 heterocycles. The van der Waals surface area contributed by atoms with E-state index in [2.05, 4.69) is 31.4 Å². The molecular formula is C12H18ClN3O2. The van der Waals surface area contributed by atoms with Crippen molar-refractivity contribution < 1.29 is 4.92 Å². The molecule has 0 unspecified atom stereocenters. The first kappa shape index (κ1) is 14.7. The van der Waals surface area contributed by atoms with Gasteiger partial charge < -0.3 is 10.6 Å². The first-order chi connectivity index (χ1) is 8.29. The Balaban J connectivity index is 2.56. The van der Waals surface area contributed by atoms with Crippen LogP contribution < -0.4 is 10.6 Å². The van der Waals surface area contributed by atoms with Crippen LogP contribution in [0.1, 0.15) is 20.8 Å². The molecule has 6 heteroatoms. The highest BCUT2D eigenvalue weighted by Crippen LogP contribution is 2.26. The zero-order chi connectivity index (χ0) is 13.8. The van der Waals surface area contributed by atoms with Crippen molar-refractivity contribution in [2.24, 2.45) is 0 Å². The van der Waals surface area contributed by atoms with Crippen LogP contribution in [0.25, 0.3) is 0 Å². The number of anilines is 1. The average molecular weight is 272 g/mol. The summed E-state index contributed by atoms with van der Waals surface area (Å²) in [6, 6.07) is 4.36. The third-order valence-electron chi connectivity index (χ3n) is 2.26. The molecule has 1 rings (SSSR count). The highest BCUT2D eigenvalue weighted by Gasteiger charge is 2.10. The maximum absolute atomic E-state index is 10.6. The van der Waals surface area contributed by atoms with Crippen molar-refractivity contribution in [2.75, 3.05) is 18.4 Å². The van der Waals surface area contributed by atoms with E-state index in [0.717, 1.165) is 6.54 Å². The van der Waals surface area contributed by atoms with Gasteiger partial charge in [0.25, 0.3) is 5.69 Å². The predicted molar refractivity (Wildman–Crippen MR) is 74.4 cm³/mol. The lowest BCUT2D eigenvalue weighted by atomic mass is 10.1. The Morgan fingerprint density at radius 3 is 2.56 bits per heavy atom. The van der Waals surface area contributed by atoms with Gasteiger partial charge >= 0.3 is 0 Å². The van der Waals surface area contributed by atoms with E-state index in [1.54, 1.807) is 0 Å². The van der Waals surface area contributed by atoms with E-state index in [4.69, 9.17) is 11.6 Å². The van der Waals surface area contributed by atoms with Crippen LogP contribution in [0, 0.1) is 10.1 Å². The number of non-ortho nitro benzene ring substituents is 1. The van der Waals surface area contributed by atoms with Gasteiger partial charge in [0.05, 0.1) is 15.6 Å². The first-order valence-corrected chi connectivity index (χ1v) is 6.10. The number of halogens is 1. The molecule has 18 heavy (non-hydrogen) atoms. The number of hydrogen-bond acceptors (Lipinski definition) is 4. The molecule has 0 aliphatic rings. The van der Waals surface area contributed by atoms with Gasteiger partial charge in [0.1, 0.15) is 0 Å². The van der Waals surface area contributed by atoms with Crippen LogP contribution in [0.5, 0.6) is 0 Å². The monoisotopic (exact) mass is 271 g/mol. The topological polar surface area (TPSA) is 67.2 Å². The van der Waals surface area contributed by atoms with E-state index >= 15 is 0 Å². The van der Waals surface area contributed by atoms with Gasteiger partial charge in [0.2, 0.25) is 0 Å². The summed E-state index contributed by atoms with van der Waals surface area (Å²) in [4.78, 5) is 10.2. The van der Waals surface area contributed by atoms with Crippen LogP contribution in [0.2, 0.25) is 5.02 Å². The van der Waals surface area contributed by atoms with E-state index < -0.39 is 4.92 Å². The Morgan fingerprint density at radius 1 is 1.33 bits per heavy atom. The number of nitro benzene ring substituents is 1. The molecule has 0 amide bonds. The third-order valence-corrected chi connectivity index (χ3v) is 2.59. The quantitative estimate of drug-likeness (QED) is 0.491. The first-order valence-electron chi connectivity index (χ1n) is 5.72. The van der Waals surface area contributed by atoms with Gasteiger partial charge in [-0.2, -0.15) is 0 Å². The SMILES string of the molecule is CC(C)(C)NCCNc1cc([N+](=O)[O-])ccc1Cl. The molecule has 0 aliphatic heterocycles. The van der Waals surface area contributed by atoms with Gasteiger partial charge in [-0.25, -0.2) is 0 Å². The summed E-state index contributed by atoms with van der Waals surface area (Å²) in [5.74, 6) is 0. The van der Waals surface area contributed by atoms with Crippen molar-refractivity contribution in [1.29, 1.82) is 0 Å². The second-order valence-corrected chi connectivity index (χ2v) is 5.43. The zero-order valence-corrected chi connectivity index (χ0v) is 11.5. The van der Waals surface area contributed by atoms with Crippen LogP contribution >= 0.6 is 11.6 Å². The molecule has 1 aromatic carbocycles. The molecule has 0 fully saturated rings. The van der Waals surface area contributed by atoms with E-state index in [-0.39, 0.29) is 11.2 Å². The van der Waals surface area contributed by atoms with Crippen LogP contribution in [0.3, 0.4) is 0 Å². The van der Waals surface area contributed by atoms with E-state index in [1.807, 2.05) is 0 Å². The number of nitro groups is 1. The Labute approximate surface area is 112 Å². The second-order valence-electron chi connectivity index (χ2n) is 5.02. The summed E-state index contributed by atoms with van der Waals surface area (Å²) in [6.07, 6.45) is 0. The molecule has 1 aromatic rings. The van der Waals surface area contributed by atoms with Gasteiger partial charge in [0, 0.05) is 30.8 Å². The zero-order valence-electron chi connectivity index (χ0n) is 10.8. The molecule has 0 atom stereocenters. The van der Waals surface area contributed by atoms with Crippen LogP contribution in [-0.4, -0.2) is 23.6 Å². The van der Waals surface area contributed by atoms with Crippen LogP contribution in [0.4, 0.5) is 11.4 Å². The Morgan fingerprint density at radius 2 is 2.00 bits per heavy atom. The highest BCUT2D eigenvalue weighted by molar-refractivity contribution is 6.33. The van der Waals surface area contributed by atoms with E-state index in [9.17, 15) is 10.1 Å². The molecule has 0 bridgehead atoms. The lowest BCUT2D eigenvalue weighted by molar-refractivity contribution is -0.384. The summed E-state index contributed by atoms with van der Waals surface area (Å²) in [5, 5.41) is 17.5. The summed E-state index contributed by atoms with van der Waals surface area (Å²) in [5.41, 5.74) is 0.668. The largest absolute Gasteiger partial charge is 0.382 e. The molecule has 5 nitrogen and oxygen atoms in total. The van der Waals surface area contributed by atoms with E-state index in [0.29, 0.717) is 17.3 Å². The highest BCUT2D eigenvalue weighted by atomic mass is 35.5. The second kappa shape index (κ2) is 6.02. The van der Waals surface area contributed by atoms with Crippen molar-refractivity contribution in [3.05, 3.63) is 33.3 Å². The fourth-order valence-electron chi connectivity index (χ4n) is 1.40. The number of hydrogen-bond donors (Lipinski definition) is 2. The van der Waals surface area contributed by atoms with Gasteiger partial charge in [0.15, 0.2) is 0 Å². The standard InChI is InChI=1S/C12H18ClN3O2/c1-12(2,3)15-7-6-14-11-8-9(16(17)18)4-5-10(11)13/h4-5,8,14-15H,6-7H2,1-3H3. The van der Waals surface area contributed by atoms with Crippen LogP contribution in [-0.2, 0) is 0 Å². The molecule has 0 saturated heterocycles. The van der Waals surface area contributed by atoms with Crippen molar-refractivity contribution in [2.45, 2.75) is 26.3 Å². The molecule has 100 valence electrons. The molecule has 0 aromatic heterocycles. The van der Waals surface area contributed by atoms with Crippen molar-refractivity contribution >= 4 is 23.0 Å². The molecule has 0 spiro atoms. The Kier molecular flexibility index (Phi) is 4.93. The smallest absolute Gasteiger partial charge is 0.271 e. The number of nitrogens with zero attached hydrogens (tertiary/aromatic N) is 1. The van der Waals surface area contributed by atoms with Gasteiger partial charge in [-0.3, -0.25) is 10.1 Å². The molecule has 0 saturated carbocycles. The van der Waals surface area contributed by atoms with Crippen molar-refractivity contribution in [3.8, 4) is 0 Å². The summed E-state index contributed by atoms with van der Waals surface area (Å²) >= 11 is 5.96.